The highest BCUT2D eigenvalue weighted by Crippen LogP contribution is 1.96. The molecule has 0 radical (unpaired) electrons. The van der Waals surface area contributed by atoms with Crippen molar-refractivity contribution in [1.29, 1.82) is 0 Å². The fourth-order valence-electron chi connectivity index (χ4n) is 1.08. The van der Waals surface area contributed by atoms with Crippen LogP contribution < -0.4 is 11.1 Å². The fraction of sp³-hybridized carbons (Fsp3) is 0.900. The van der Waals surface area contributed by atoms with Crippen LogP contribution in [0.15, 0.2) is 4.99 Å². The summed E-state index contributed by atoms with van der Waals surface area (Å²) in [5.74, 6) is 0.440. The molecule has 0 aliphatic heterocycles. The van der Waals surface area contributed by atoms with Gasteiger partial charge in [-0.15, -0.1) is 0 Å². The van der Waals surface area contributed by atoms with Crippen molar-refractivity contribution in [1.82, 2.24) is 5.32 Å². The van der Waals surface area contributed by atoms with Gasteiger partial charge >= 0.3 is 0 Å². The highest BCUT2D eigenvalue weighted by molar-refractivity contribution is 5.77. The fourth-order valence-corrected chi connectivity index (χ4v) is 1.08. The molecule has 0 aliphatic carbocycles. The number of guanidine groups is 1. The average molecular weight is 203 g/mol. The first kappa shape index (κ1) is 13.2. The number of nitrogens with two attached hydrogens (primary N) is 1. The van der Waals surface area contributed by atoms with Crippen LogP contribution in [0.2, 0.25) is 0 Å². The van der Waals surface area contributed by atoms with E-state index in [-0.39, 0.29) is 6.67 Å². The van der Waals surface area contributed by atoms with Crippen molar-refractivity contribution in [3.63, 3.8) is 0 Å². The minimum absolute atomic E-state index is 0.326. The van der Waals surface area contributed by atoms with E-state index in [0.29, 0.717) is 18.9 Å². The lowest BCUT2D eigenvalue weighted by Crippen LogP contribution is -2.32. The Morgan fingerprint density at radius 1 is 1.29 bits per heavy atom. The first-order chi connectivity index (χ1) is 6.81. The molecule has 0 unspecified atom stereocenters. The molecule has 4 heteroatoms. The van der Waals surface area contributed by atoms with Gasteiger partial charge in [0.1, 0.15) is 0 Å². The largest absolute Gasteiger partial charge is 0.370 e. The molecule has 0 amide bonds. The zero-order valence-corrected chi connectivity index (χ0v) is 9.06. The quantitative estimate of drug-likeness (QED) is 0.359. The lowest BCUT2D eigenvalue weighted by molar-refractivity contribution is 0.477. The zero-order valence-electron chi connectivity index (χ0n) is 9.06. The molecule has 84 valence electrons. The van der Waals surface area contributed by atoms with Gasteiger partial charge in [-0.1, -0.05) is 26.2 Å². The topological polar surface area (TPSA) is 50.4 Å². The molecule has 0 aromatic rings. The molecule has 0 bridgehead atoms. The van der Waals surface area contributed by atoms with Gasteiger partial charge in [0.2, 0.25) is 0 Å². The molecular weight excluding hydrogens is 181 g/mol. The van der Waals surface area contributed by atoms with Crippen LogP contribution >= 0.6 is 0 Å². The lowest BCUT2D eigenvalue weighted by Gasteiger charge is -2.04. The molecule has 0 rings (SSSR count). The van der Waals surface area contributed by atoms with Crippen LogP contribution in [0.3, 0.4) is 0 Å². The number of nitrogens with zero attached hydrogens (tertiary/aromatic N) is 1. The summed E-state index contributed by atoms with van der Waals surface area (Å²) >= 11 is 0. The number of halogens is 1. The molecule has 3 N–H and O–H groups in total. The first-order valence-corrected chi connectivity index (χ1v) is 5.41. The molecule has 0 aliphatic rings. The van der Waals surface area contributed by atoms with E-state index in [2.05, 4.69) is 17.2 Å². The van der Waals surface area contributed by atoms with Crippen molar-refractivity contribution in [3.8, 4) is 0 Å². The predicted octanol–water partition coefficient (Wildman–Crippen LogP) is 1.83. The normalized spacial score (nSPS) is 11.7. The van der Waals surface area contributed by atoms with E-state index < -0.39 is 0 Å². The predicted molar refractivity (Wildman–Crippen MR) is 59.2 cm³/mol. The van der Waals surface area contributed by atoms with Gasteiger partial charge in [-0.05, 0) is 12.8 Å². The van der Waals surface area contributed by atoms with Crippen LogP contribution in [0.25, 0.3) is 0 Å². The average Bonchev–Trinajstić information content (AvgIpc) is 2.18. The first-order valence-electron chi connectivity index (χ1n) is 5.41. The standard InChI is InChI=1S/C10H22FN3/c1-2-3-4-5-8-13-10(12)14-9-6-7-11/h2-9H2,1H3,(H3,12,13,14). The number of unbranched alkanes of at least 4 members (excludes halogenated alkanes) is 3. The van der Waals surface area contributed by atoms with Gasteiger partial charge in [0.25, 0.3) is 0 Å². The van der Waals surface area contributed by atoms with Crippen LogP contribution in [0.1, 0.15) is 39.0 Å². The van der Waals surface area contributed by atoms with Gasteiger partial charge in [0.15, 0.2) is 5.96 Å². The summed E-state index contributed by atoms with van der Waals surface area (Å²) in [4.78, 5) is 3.98. The summed E-state index contributed by atoms with van der Waals surface area (Å²) in [7, 11) is 0. The monoisotopic (exact) mass is 203 g/mol. The maximum Gasteiger partial charge on any atom is 0.188 e. The summed E-state index contributed by atoms with van der Waals surface area (Å²) < 4.78 is 11.7. The van der Waals surface area contributed by atoms with Crippen LogP contribution in [0.5, 0.6) is 0 Å². The molecule has 0 saturated heterocycles. The van der Waals surface area contributed by atoms with Crippen molar-refractivity contribution >= 4 is 5.96 Å². The van der Waals surface area contributed by atoms with E-state index in [0.717, 1.165) is 13.0 Å². The van der Waals surface area contributed by atoms with E-state index in [9.17, 15) is 4.39 Å². The second-order valence-electron chi connectivity index (χ2n) is 3.30. The second-order valence-corrected chi connectivity index (χ2v) is 3.30. The summed E-state index contributed by atoms with van der Waals surface area (Å²) in [5, 5.41) is 3.01. The number of nitrogens with one attached hydrogen (secondary N) is 1. The molecule has 0 spiro atoms. The molecule has 14 heavy (non-hydrogen) atoms. The van der Waals surface area contributed by atoms with E-state index >= 15 is 0 Å². The van der Waals surface area contributed by atoms with Gasteiger partial charge in [-0.25, -0.2) is 0 Å². The Morgan fingerprint density at radius 2 is 2.07 bits per heavy atom. The maximum absolute atomic E-state index is 11.7. The zero-order chi connectivity index (χ0) is 10.6. The van der Waals surface area contributed by atoms with E-state index in [1.165, 1.54) is 19.3 Å². The third kappa shape index (κ3) is 9.29. The van der Waals surface area contributed by atoms with Crippen LogP contribution in [0, 0.1) is 0 Å². The maximum atomic E-state index is 11.7. The Bertz CT molecular complexity index is 148. The van der Waals surface area contributed by atoms with E-state index in [1.807, 2.05) is 0 Å². The molecule has 0 aromatic heterocycles. The third-order valence-electron chi connectivity index (χ3n) is 1.91. The van der Waals surface area contributed by atoms with Gasteiger partial charge in [0, 0.05) is 13.1 Å². The third-order valence-corrected chi connectivity index (χ3v) is 1.91. The van der Waals surface area contributed by atoms with Gasteiger partial charge in [-0.3, -0.25) is 9.38 Å². The van der Waals surface area contributed by atoms with Crippen molar-refractivity contribution in [2.75, 3.05) is 19.8 Å². The molecule has 0 heterocycles. The number of hydrogen-bond acceptors (Lipinski definition) is 1. The molecule has 0 aromatic carbocycles. The van der Waals surface area contributed by atoms with Crippen LogP contribution in [0.4, 0.5) is 4.39 Å². The van der Waals surface area contributed by atoms with Crippen molar-refractivity contribution in [2.45, 2.75) is 39.0 Å². The van der Waals surface area contributed by atoms with Gasteiger partial charge in [-0.2, -0.15) is 0 Å². The number of aliphatic imine (C=N–C) groups is 1. The van der Waals surface area contributed by atoms with Crippen molar-refractivity contribution < 1.29 is 4.39 Å². The Balaban J connectivity index is 3.25. The van der Waals surface area contributed by atoms with Crippen LogP contribution in [-0.2, 0) is 0 Å². The minimum Gasteiger partial charge on any atom is -0.370 e. The minimum atomic E-state index is -0.326. The van der Waals surface area contributed by atoms with Crippen molar-refractivity contribution in [3.05, 3.63) is 0 Å². The Kier molecular flexibility index (Phi) is 9.69. The van der Waals surface area contributed by atoms with E-state index in [4.69, 9.17) is 5.73 Å². The lowest BCUT2D eigenvalue weighted by atomic mass is 10.2. The summed E-state index contributed by atoms with van der Waals surface area (Å²) in [6.45, 7) is 3.20. The SMILES string of the molecule is CCCCCCNC(N)=NCCCF. The van der Waals surface area contributed by atoms with Gasteiger partial charge in [0.05, 0.1) is 6.67 Å². The summed E-state index contributed by atoms with van der Waals surface area (Å²) in [6, 6.07) is 0. The van der Waals surface area contributed by atoms with E-state index in [1.54, 1.807) is 0 Å². The second kappa shape index (κ2) is 10.3. The Hall–Kier alpha value is -0.800. The summed E-state index contributed by atoms with van der Waals surface area (Å²) in [5.41, 5.74) is 5.55. The van der Waals surface area contributed by atoms with Crippen LogP contribution in [-0.4, -0.2) is 25.7 Å². The molecular formula is C10H22FN3. The molecule has 0 atom stereocenters. The molecule has 0 fully saturated rings. The molecule has 0 saturated carbocycles. The van der Waals surface area contributed by atoms with Gasteiger partial charge < -0.3 is 11.1 Å². The number of alkyl halides is 1. The highest BCUT2D eigenvalue weighted by Gasteiger charge is 1.91. The number of rotatable bonds is 8. The summed E-state index contributed by atoms with van der Waals surface area (Å²) in [6.07, 6.45) is 5.30. The Morgan fingerprint density at radius 3 is 2.71 bits per heavy atom. The number of hydrogen-bond donors (Lipinski definition) is 2. The van der Waals surface area contributed by atoms with Crippen molar-refractivity contribution in [2.24, 2.45) is 10.7 Å². The highest BCUT2D eigenvalue weighted by atomic mass is 19.1. The smallest absolute Gasteiger partial charge is 0.188 e. The molecule has 3 nitrogen and oxygen atoms in total. The Labute approximate surface area is 86.0 Å².